The summed E-state index contributed by atoms with van der Waals surface area (Å²) in [7, 11) is 0. The predicted molar refractivity (Wildman–Crippen MR) is 80.0 cm³/mol. The van der Waals surface area contributed by atoms with E-state index < -0.39 is 0 Å². The maximum atomic E-state index is 11.5. The molecule has 2 heteroatoms. The van der Waals surface area contributed by atoms with Crippen LogP contribution in [0.4, 0.5) is 0 Å². The Morgan fingerprint density at radius 1 is 1.26 bits per heavy atom. The van der Waals surface area contributed by atoms with Gasteiger partial charge in [-0.3, -0.25) is 4.79 Å². The standard InChI is InChI=1S/C17H32O2/c1-5-6-7-8-16(18)19-10-9-15-11-14(2)12-17(3,4)13-15/h14-15H,5-13H2,1-4H3/t14-,15-/m0/s1. The minimum atomic E-state index is -0.00318. The van der Waals surface area contributed by atoms with Crippen molar-refractivity contribution < 1.29 is 9.53 Å². The molecule has 0 aromatic heterocycles. The fourth-order valence-corrected chi connectivity index (χ4v) is 3.69. The molecule has 0 bridgehead atoms. The van der Waals surface area contributed by atoms with E-state index in [0.29, 0.717) is 18.4 Å². The molecule has 112 valence electrons. The molecule has 0 unspecified atom stereocenters. The minimum Gasteiger partial charge on any atom is -0.466 e. The number of unbranched alkanes of at least 4 members (excludes halogenated alkanes) is 2. The first-order valence-electron chi connectivity index (χ1n) is 8.08. The van der Waals surface area contributed by atoms with Gasteiger partial charge in [-0.05, 0) is 49.4 Å². The van der Waals surface area contributed by atoms with Gasteiger partial charge in [0.25, 0.3) is 0 Å². The van der Waals surface area contributed by atoms with Crippen molar-refractivity contribution in [2.75, 3.05) is 6.61 Å². The van der Waals surface area contributed by atoms with Crippen molar-refractivity contribution >= 4 is 5.97 Å². The number of hydrogen-bond donors (Lipinski definition) is 0. The van der Waals surface area contributed by atoms with E-state index in [1.165, 1.54) is 19.3 Å². The fraction of sp³-hybridized carbons (Fsp3) is 0.941. The highest BCUT2D eigenvalue weighted by Gasteiger charge is 2.31. The molecule has 0 amide bonds. The summed E-state index contributed by atoms with van der Waals surface area (Å²) in [5, 5.41) is 0. The van der Waals surface area contributed by atoms with Crippen LogP contribution in [0.5, 0.6) is 0 Å². The summed E-state index contributed by atoms with van der Waals surface area (Å²) >= 11 is 0. The van der Waals surface area contributed by atoms with Crippen molar-refractivity contribution in [3.63, 3.8) is 0 Å². The lowest BCUT2D eigenvalue weighted by Crippen LogP contribution is -2.28. The van der Waals surface area contributed by atoms with Crippen LogP contribution >= 0.6 is 0 Å². The number of carbonyl (C=O) groups excluding carboxylic acids is 1. The molecular formula is C17H32O2. The van der Waals surface area contributed by atoms with Gasteiger partial charge in [0.1, 0.15) is 0 Å². The predicted octanol–water partition coefficient (Wildman–Crippen LogP) is 4.96. The lowest BCUT2D eigenvalue weighted by Gasteiger charge is -2.39. The van der Waals surface area contributed by atoms with E-state index in [9.17, 15) is 4.79 Å². The van der Waals surface area contributed by atoms with E-state index >= 15 is 0 Å². The van der Waals surface area contributed by atoms with Crippen LogP contribution in [0.3, 0.4) is 0 Å². The summed E-state index contributed by atoms with van der Waals surface area (Å²) < 4.78 is 5.36. The normalized spacial score (nSPS) is 26.1. The summed E-state index contributed by atoms with van der Waals surface area (Å²) in [6, 6.07) is 0. The van der Waals surface area contributed by atoms with Crippen molar-refractivity contribution in [2.24, 2.45) is 17.3 Å². The van der Waals surface area contributed by atoms with Crippen molar-refractivity contribution in [3.8, 4) is 0 Å². The Bertz CT molecular complexity index is 270. The van der Waals surface area contributed by atoms with Gasteiger partial charge in [-0.1, -0.05) is 40.5 Å². The van der Waals surface area contributed by atoms with Gasteiger partial charge in [0.05, 0.1) is 6.61 Å². The quantitative estimate of drug-likeness (QED) is 0.482. The first-order valence-corrected chi connectivity index (χ1v) is 8.08. The number of carbonyl (C=O) groups is 1. The molecule has 1 saturated carbocycles. The van der Waals surface area contributed by atoms with E-state index in [0.717, 1.165) is 37.5 Å². The molecule has 0 aliphatic heterocycles. The van der Waals surface area contributed by atoms with E-state index in [1.807, 2.05) is 0 Å². The SMILES string of the molecule is CCCCCC(=O)OCC[C@H]1C[C@H](C)CC(C)(C)C1. The molecule has 1 fully saturated rings. The molecule has 1 aliphatic rings. The van der Waals surface area contributed by atoms with Crippen LogP contribution in [-0.4, -0.2) is 12.6 Å². The molecular weight excluding hydrogens is 236 g/mol. The number of hydrogen-bond acceptors (Lipinski definition) is 2. The van der Waals surface area contributed by atoms with Crippen LogP contribution in [0, 0.1) is 17.3 Å². The molecule has 1 rings (SSSR count). The maximum Gasteiger partial charge on any atom is 0.305 e. The van der Waals surface area contributed by atoms with Crippen LogP contribution in [0.15, 0.2) is 0 Å². The maximum absolute atomic E-state index is 11.5. The van der Waals surface area contributed by atoms with Crippen molar-refractivity contribution in [1.82, 2.24) is 0 Å². The van der Waals surface area contributed by atoms with Gasteiger partial charge >= 0.3 is 5.97 Å². The Hall–Kier alpha value is -0.530. The highest BCUT2D eigenvalue weighted by atomic mass is 16.5. The van der Waals surface area contributed by atoms with E-state index in [2.05, 4.69) is 27.7 Å². The molecule has 2 nitrogen and oxygen atoms in total. The fourth-order valence-electron chi connectivity index (χ4n) is 3.69. The van der Waals surface area contributed by atoms with Crippen LogP contribution < -0.4 is 0 Å². The summed E-state index contributed by atoms with van der Waals surface area (Å²) in [5.41, 5.74) is 0.466. The lowest BCUT2D eigenvalue weighted by molar-refractivity contribution is -0.144. The van der Waals surface area contributed by atoms with Crippen LogP contribution in [0.1, 0.15) is 79.1 Å². The lowest BCUT2D eigenvalue weighted by atomic mass is 9.67. The zero-order valence-electron chi connectivity index (χ0n) is 13.3. The molecule has 0 N–H and O–H groups in total. The van der Waals surface area contributed by atoms with Gasteiger partial charge < -0.3 is 4.74 Å². The first kappa shape index (κ1) is 16.5. The first-order chi connectivity index (χ1) is 8.93. The highest BCUT2D eigenvalue weighted by molar-refractivity contribution is 5.69. The van der Waals surface area contributed by atoms with Crippen LogP contribution in [-0.2, 0) is 9.53 Å². The zero-order chi connectivity index (χ0) is 14.3. The Balaban J connectivity index is 2.16. The van der Waals surface area contributed by atoms with E-state index in [1.54, 1.807) is 0 Å². The van der Waals surface area contributed by atoms with Gasteiger partial charge in [0, 0.05) is 6.42 Å². The number of ether oxygens (including phenoxy) is 1. The topological polar surface area (TPSA) is 26.3 Å². The molecule has 0 radical (unpaired) electrons. The summed E-state index contributed by atoms with van der Waals surface area (Å²) in [6.45, 7) is 9.86. The average Bonchev–Trinajstić information content (AvgIpc) is 2.26. The van der Waals surface area contributed by atoms with Crippen LogP contribution in [0.25, 0.3) is 0 Å². The monoisotopic (exact) mass is 268 g/mol. The Labute approximate surface area is 119 Å². The van der Waals surface area contributed by atoms with Gasteiger partial charge in [-0.2, -0.15) is 0 Å². The molecule has 0 aromatic carbocycles. The average molecular weight is 268 g/mol. The second kappa shape index (κ2) is 7.91. The smallest absolute Gasteiger partial charge is 0.305 e. The second-order valence-electron chi connectivity index (χ2n) is 7.25. The number of esters is 1. The third kappa shape index (κ3) is 6.98. The Kier molecular flexibility index (Phi) is 6.88. The molecule has 2 atom stereocenters. The Morgan fingerprint density at radius 3 is 2.63 bits per heavy atom. The van der Waals surface area contributed by atoms with Crippen molar-refractivity contribution in [1.29, 1.82) is 0 Å². The summed E-state index contributed by atoms with van der Waals surface area (Å²) in [5.74, 6) is 1.55. The minimum absolute atomic E-state index is 0.00318. The molecule has 0 spiro atoms. The molecule has 0 aromatic rings. The van der Waals surface area contributed by atoms with Gasteiger partial charge in [0.15, 0.2) is 0 Å². The van der Waals surface area contributed by atoms with Gasteiger partial charge in [-0.15, -0.1) is 0 Å². The van der Waals surface area contributed by atoms with Gasteiger partial charge in [0.2, 0.25) is 0 Å². The third-order valence-electron chi connectivity index (χ3n) is 4.25. The second-order valence-corrected chi connectivity index (χ2v) is 7.25. The summed E-state index contributed by atoms with van der Waals surface area (Å²) in [4.78, 5) is 11.5. The molecule has 19 heavy (non-hydrogen) atoms. The largest absolute Gasteiger partial charge is 0.466 e. The molecule has 0 heterocycles. The third-order valence-corrected chi connectivity index (χ3v) is 4.25. The number of rotatable bonds is 7. The molecule has 1 aliphatic carbocycles. The van der Waals surface area contributed by atoms with Gasteiger partial charge in [-0.25, -0.2) is 0 Å². The molecule has 0 saturated heterocycles. The Morgan fingerprint density at radius 2 is 2.00 bits per heavy atom. The van der Waals surface area contributed by atoms with E-state index in [-0.39, 0.29) is 5.97 Å². The zero-order valence-corrected chi connectivity index (χ0v) is 13.3. The van der Waals surface area contributed by atoms with Crippen molar-refractivity contribution in [3.05, 3.63) is 0 Å². The summed E-state index contributed by atoms with van der Waals surface area (Å²) in [6.07, 6.45) is 8.82. The van der Waals surface area contributed by atoms with Crippen molar-refractivity contribution in [2.45, 2.75) is 79.1 Å². The van der Waals surface area contributed by atoms with Crippen LogP contribution in [0.2, 0.25) is 0 Å². The highest BCUT2D eigenvalue weighted by Crippen LogP contribution is 2.42. The van der Waals surface area contributed by atoms with E-state index in [4.69, 9.17) is 4.74 Å².